The van der Waals surface area contributed by atoms with Crippen molar-refractivity contribution in [3.05, 3.63) is 34.9 Å². The number of piperazine rings is 1. The number of hydrogen-bond donors (Lipinski definition) is 1. The molecule has 0 aromatic heterocycles. The molecular formula is C18H29ClN2. The van der Waals surface area contributed by atoms with E-state index < -0.39 is 0 Å². The molecule has 0 radical (unpaired) electrons. The summed E-state index contributed by atoms with van der Waals surface area (Å²) in [6.45, 7) is 10.1. The average Bonchev–Trinajstić information content (AvgIpc) is 2.49. The van der Waals surface area contributed by atoms with E-state index in [0.717, 1.165) is 24.7 Å². The van der Waals surface area contributed by atoms with E-state index in [1.807, 2.05) is 6.07 Å². The van der Waals surface area contributed by atoms with Gasteiger partial charge < -0.3 is 5.32 Å². The molecule has 1 atom stereocenters. The van der Waals surface area contributed by atoms with Crippen LogP contribution in [-0.2, 0) is 6.54 Å². The third kappa shape index (κ3) is 4.00. The van der Waals surface area contributed by atoms with Gasteiger partial charge in [-0.25, -0.2) is 0 Å². The second-order valence-electron chi connectivity index (χ2n) is 6.31. The van der Waals surface area contributed by atoms with Crippen molar-refractivity contribution in [2.75, 3.05) is 13.1 Å². The minimum absolute atomic E-state index is 0.284. The van der Waals surface area contributed by atoms with Crippen LogP contribution in [-0.4, -0.2) is 29.6 Å². The summed E-state index contributed by atoms with van der Waals surface area (Å²) in [6, 6.07) is 8.94. The smallest absolute Gasteiger partial charge is 0.0409 e. The number of nitrogens with one attached hydrogen (secondary N) is 1. The molecule has 0 spiro atoms. The van der Waals surface area contributed by atoms with Crippen LogP contribution in [0.3, 0.4) is 0 Å². The van der Waals surface area contributed by atoms with E-state index in [1.165, 1.54) is 31.2 Å². The van der Waals surface area contributed by atoms with E-state index in [0.29, 0.717) is 6.04 Å². The second kappa shape index (κ2) is 7.62. The summed E-state index contributed by atoms with van der Waals surface area (Å²) < 4.78 is 0. The van der Waals surface area contributed by atoms with Gasteiger partial charge in [-0.05, 0) is 37.0 Å². The minimum Gasteiger partial charge on any atom is -0.311 e. The Balaban J connectivity index is 2.16. The maximum Gasteiger partial charge on any atom is 0.0409 e. The van der Waals surface area contributed by atoms with Gasteiger partial charge in [-0.3, -0.25) is 4.90 Å². The Morgan fingerprint density at radius 3 is 2.67 bits per heavy atom. The van der Waals surface area contributed by atoms with Gasteiger partial charge in [0.05, 0.1) is 0 Å². The third-order valence-corrected chi connectivity index (χ3v) is 5.28. The molecule has 1 aromatic carbocycles. The van der Waals surface area contributed by atoms with Gasteiger partial charge in [0, 0.05) is 36.2 Å². The maximum atomic E-state index is 6.15. The van der Waals surface area contributed by atoms with Gasteiger partial charge in [0.2, 0.25) is 0 Å². The minimum atomic E-state index is 0.284. The van der Waals surface area contributed by atoms with Crippen LogP contribution in [0.1, 0.15) is 52.0 Å². The first-order valence-corrected chi connectivity index (χ1v) is 8.74. The summed E-state index contributed by atoms with van der Waals surface area (Å²) >= 11 is 6.15. The topological polar surface area (TPSA) is 15.3 Å². The standard InChI is InChI=1S/C18H29ClN2/c1-4-8-17-13-21(18(5-2,6-3)14-20-17)12-15-9-7-10-16(19)11-15/h7,9-11,17,20H,4-6,8,12-14H2,1-3H3. The van der Waals surface area contributed by atoms with Crippen molar-refractivity contribution in [3.63, 3.8) is 0 Å². The maximum absolute atomic E-state index is 6.15. The van der Waals surface area contributed by atoms with E-state index in [1.54, 1.807) is 0 Å². The predicted octanol–water partition coefficient (Wildman–Crippen LogP) is 4.47. The first-order valence-electron chi connectivity index (χ1n) is 8.36. The molecule has 1 aliphatic rings. The summed E-state index contributed by atoms with van der Waals surface area (Å²) in [6.07, 6.45) is 4.88. The second-order valence-corrected chi connectivity index (χ2v) is 6.74. The van der Waals surface area contributed by atoms with Gasteiger partial charge in [0.15, 0.2) is 0 Å². The molecule has 0 saturated carbocycles. The molecule has 0 amide bonds. The molecule has 1 fully saturated rings. The Hall–Kier alpha value is -0.570. The Morgan fingerprint density at radius 2 is 2.05 bits per heavy atom. The highest BCUT2D eigenvalue weighted by Crippen LogP contribution is 2.30. The molecule has 2 nitrogen and oxygen atoms in total. The summed E-state index contributed by atoms with van der Waals surface area (Å²) in [5.74, 6) is 0. The fourth-order valence-electron chi connectivity index (χ4n) is 3.55. The molecule has 1 aliphatic heterocycles. The molecule has 0 bridgehead atoms. The molecule has 1 saturated heterocycles. The van der Waals surface area contributed by atoms with Crippen LogP contribution in [0, 0.1) is 0 Å². The molecule has 3 heteroatoms. The molecular weight excluding hydrogens is 280 g/mol. The number of rotatable bonds is 6. The molecule has 0 aliphatic carbocycles. The average molecular weight is 309 g/mol. The molecule has 118 valence electrons. The lowest BCUT2D eigenvalue weighted by Crippen LogP contribution is -2.63. The highest BCUT2D eigenvalue weighted by atomic mass is 35.5. The molecule has 21 heavy (non-hydrogen) atoms. The SMILES string of the molecule is CCCC1CN(Cc2cccc(Cl)c2)C(CC)(CC)CN1. The summed E-state index contributed by atoms with van der Waals surface area (Å²) in [5.41, 5.74) is 1.61. The lowest BCUT2D eigenvalue weighted by Gasteiger charge is -2.50. The van der Waals surface area contributed by atoms with Crippen LogP contribution in [0.2, 0.25) is 5.02 Å². The Labute approximate surface area is 134 Å². The van der Waals surface area contributed by atoms with Gasteiger partial charge in [0.25, 0.3) is 0 Å². The number of nitrogens with zero attached hydrogens (tertiary/aromatic N) is 1. The number of benzene rings is 1. The Bertz CT molecular complexity index is 443. The van der Waals surface area contributed by atoms with E-state index in [-0.39, 0.29) is 5.54 Å². The zero-order chi connectivity index (χ0) is 15.3. The molecule has 1 aromatic rings. The molecule has 1 N–H and O–H groups in total. The van der Waals surface area contributed by atoms with Gasteiger partial charge in [-0.15, -0.1) is 0 Å². The molecule has 1 unspecified atom stereocenters. The fourth-order valence-corrected chi connectivity index (χ4v) is 3.76. The van der Waals surface area contributed by atoms with Crippen molar-refractivity contribution in [2.24, 2.45) is 0 Å². The van der Waals surface area contributed by atoms with E-state index in [9.17, 15) is 0 Å². The zero-order valence-corrected chi connectivity index (χ0v) is 14.4. The van der Waals surface area contributed by atoms with Gasteiger partial charge in [-0.2, -0.15) is 0 Å². The predicted molar refractivity (Wildman–Crippen MR) is 91.9 cm³/mol. The lowest BCUT2D eigenvalue weighted by molar-refractivity contribution is 0.0228. The largest absolute Gasteiger partial charge is 0.311 e. The summed E-state index contributed by atoms with van der Waals surface area (Å²) in [4.78, 5) is 2.69. The number of hydrogen-bond acceptors (Lipinski definition) is 2. The van der Waals surface area contributed by atoms with Gasteiger partial charge >= 0.3 is 0 Å². The van der Waals surface area contributed by atoms with Crippen LogP contribution in [0.4, 0.5) is 0 Å². The molecule has 1 heterocycles. The van der Waals surface area contributed by atoms with Crippen molar-refractivity contribution < 1.29 is 0 Å². The first-order chi connectivity index (χ1) is 10.1. The van der Waals surface area contributed by atoms with E-state index in [2.05, 4.69) is 49.2 Å². The van der Waals surface area contributed by atoms with Crippen LogP contribution < -0.4 is 5.32 Å². The zero-order valence-electron chi connectivity index (χ0n) is 13.7. The normalized spacial score (nSPS) is 22.4. The van der Waals surface area contributed by atoms with Crippen LogP contribution >= 0.6 is 11.6 Å². The quantitative estimate of drug-likeness (QED) is 0.834. The number of halogens is 1. The monoisotopic (exact) mass is 308 g/mol. The molecule has 2 rings (SSSR count). The van der Waals surface area contributed by atoms with Gasteiger partial charge in [0.1, 0.15) is 0 Å². The third-order valence-electron chi connectivity index (χ3n) is 5.05. The highest BCUT2D eigenvalue weighted by Gasteiger charge is 2.38. The highest BCUT2D eigenvalue weighted by molar-refractivity contribution is 6.30. The van der Waals surface area contributed by atoms with Gasteiger partial charge in [-0.1, -0.05) is 50.9 Å². The Kier molecular flexibility index (Phi) is 6.09. The van der Waals surface area contributed by atoms with Crippen LogP contribution in [0.5, 0.6) is 0 Å². The van der Waals surface area contributed by atoms with Crippen molar-refractivity contribution in [1.29, 1.82) is 0 Å². The van der Waals surface area contributed by atoms with E-state index in [4.69, 9.17) is 11.6 Å². The van der Waals surface area contributed by atoms with Crippen molar-refractivity contribution in [3.8, 4) is 0 Å². The summed E-state index contributed by atoms with van der Waals surface area (Å²) in [5, 5.41) is 4.61. The summed E-state index contributed by atoms with van der Waals surface area (Å²) in [7, 11) is 0. The van der Waals surface area contributed by atoms with Crippen LogP contribution in [0.25, 0.3) is 0 Å². The Morgan fingerprint density at radius 1 is 1.29 bits per heavy atom. The van der Waals surface area contributed by atoms with Crippen LogP contribution in [0.15, 0.2) is 24.3 Å². The fraction of sp³-hybridized carbons (Fsp3) is 0.667. The van der Waals surface area contributed by atoms with Crippen molar-refractivity contribution in [1.82, 2.24) is 10.2 Å². The van der Waals surface area contributed by atoms with E-state index >= 15 is 0 Å². The van der Waals surface area contributed by atoms with Crippen molar-refractivity contribution in [2.45, 2.75) is 64.6 Å². The van der Waals surface area contributed by atoms with Crippen molar-refractivity contribution >= 4 is 11.6 Å². The lowest BCUT2D eigenvalue weighted by atomic mass is 9.86. The first kappa shape index (κ1) is 16.8.